The molecule has 1 aliphatic rings. The van der Waals surface area contributed by atoms with Crippen molar-refractivity contribution < 1.29 is 18.7 Å². The maximum atomic E-state index is 13.9. The number of urea groups is 1. The highest BCUT2D eigenvalue weighted by Gasteiger charge is 2.30. The summed E-state index contributed by atoms with van der Waals surface area (Å²) in [6, 6.07) is 6.27. The van der Waals surface area contributed by atoms with Crippen LogP contribution in [0.5, 0.6) is 0 Å². The van der Waals surface area contributed by atoms with Gasteiger partial charge in [0.05, 0.1) is 6.54 Å². The van der Waals surface area contributed by atoms with E-state index < -0.39 is 5.60 Å². The Morgan fingerprint density at radius 3 is 2.73 bits per heavy atom. The second-order valence-electron chi connectivity index (χ2n) is 5.63. The van der Waals surface area contributed by atoms with Crippen molar-refractivity contribution in [3.63, 3.8) is 0 Å². The Morgan fingerprint density at radius 1 is 1.41 bits per heavy atom. The van der Waals surface area contributed by atoms with Crippen LogP contribution < -0.4 is 10.6 Å². The molecular weight excluding hydrogens is 287 g/mol. The second kappa shape index (κ2) is 7.56. The topological polar surface area (TPSA) is 59.6 Å². The number of amides is 2. The minimum Gasteiger partial charge on any atom is -0.381 e. The summed E-state index contributed by atoms with van der Waals surface area (Å²) in [7, 11) is 1.50. The van der Waals surface area contributed by atoms with E-state index in [1.165, 1.54) is 13.2 Å². The predicted octanol–water partition coefficient (Wildman–Crippen LogP) is 2.17. The quantitative estimate of drug-likeness (QED) is 0.876. The van der Waals surface area contributed by atoms with E-state index >= 15 is 0 Å². The zero-order valence-electron chi connectivity index (χ0n) is 13.0. The lowest BCUT2D eigenvalue weighted by molar-refractivity contribution is 0.00180. The maximum absolute atomic E-state index is 13.9. The van der Waals surface area contributed by atoms with Crippen LogP contribution in [-0.4, -0.2) is 38.9 Å². The summed E-state index contributed by atoms with van der Waals surface area (Å²) in [5.74, 6) is -0.349. The van der Waals surface area contributed by atoms with Crippen molar-refractivity contribution in [2.45, 2.75) is 31.4 Å². The molecule has 1 aliphatic heterocycles. The van der Waals surface area contributed by atoms with Gasteiger partial charge in [-0.05, 0) is 25.8 Å². The smallest absolute Gasteiger partial charge is 0.315 e. The number of methoxy groups -OCH3 is 1. The van der Waals surface area contributed by atoms with Gasteiger partial charge in [-0.15, -0.1) is 0 Å². The van der Waals surface area contributed by atoms with Crippen LogP contribution in [0, 0.1) is 5.82 Å². The zero-order valence-corrected chi connectivity index (χ0v) is 13.0. The molecule has 0 aromatic heterocycles. The molecule has 6 heteroatoms. The van der Waals surface area contributed by atoms with Crippen molar-refractivity contribution in [3.8, 4) is 0 Å². The summed E-state index contributed by atoms with van der Waals surface area (Å²) in [5.41, 5.74) is -0.498. The molecule has 2 rings (SSSR count). The third kappa shape index (κ3) is 4.18. The first-order valence-electron chi connectivity index (χ1n) is 7.47. The molecular formula is C16H23FN2O3. The van der Waals surface area contributed by atoms with Crippen molar-refractivity contribution >= 4 is 6.03 Å². The fourth-order valence-electron chi connectivity index (χ4n) is 2.49. The van der Waals surface area contributed by atoms with Gasteiger partial charge in [-0.3, -0.25) is 0 Å². The van der Waals surface area contributed by atoms with Gasteiger partial charge in [0, 0.05) is 31.9 Å². The van der Waals surface area contributed by atoms with Gasteiger partial charge in [0.15, 0.2) is 0 Å². The summed E-state index contributed by atoms with van der Waals surface area (Å²) < 4.78 is 24.6. The number of carbonyl (C=O) groups is 1. The first-order valence-corrected chi connectivity index (χ1v) is 7.47. The van der Waals surface area contributed by atoms with Gasteiger partial charge in [-0.2, -0.15) is 0 Å². The monoisotopic (exact) mass is 310 g/mol. The van der Waals surface area contributed by atoms with Gasteiger partial charge in [-0.1, -0.05) is 18.2 Å². The van der Waals surface area contributed by atoms with Gasteiger partial charge in [-0.25, -0.2) is 9.18 Å². The molecule has 1 aromatic carbocycles. The van der Waals surface area contributed by atoms with Crippen LogP contribution in [0.25, 0.3) is 0 Å². The van der Waals surface area contributed by atoms with E-state index in [1.54, 1.807) is 25.1 Å². The van der Waals surface area contributed by atoms with Crippen LogP contribution in [-0.2, 0) is 15.1 Å². The molecule has 1 heterocycles. The van der Waals surface area contributed by atoms with E-state index in [0.29, 0.717) is 18.8 Å². The normalized spacial score (nSPS) is 18.5. The Balaban J connectivity index is 1.92. The van der Waals surface area contributed by atoms with E-state index in [4.69, 9.17) is 9.47 Å². The van der Waals surface area contributed by atoms with Crippen LogP contribution in [0.3, 0.4) is 0 Å². The summed E-state index contributed by atoms with van der Waals surface area (Å²) in [5, 5.41) is 5.67. The van der Waals surface area contributed by atoms with Gasteiger partial charge in [0.1, 0.15) is 11.4 Å². The van der Waals surface area contributed by atoms with E-state index in [0.717, 1.165) is 12.8 Å². The van der Waals surface area contributed by atoms with Crippen LogP contribution >= 0.6 is 0 Å². The molecule has 122 valence electrons. The van der Waals surface area contributed by atoms with Gasteiger partial charge in [0.25, 0.3) is 0 Å². The Kier molecular flexibility index (Phi) is 5.74. The van der Waals surface area contributed by atoms with E-state index in [2.05, 4.69) is 10.6 Å². The third-order valence-electron chi connectivity index (χ3n) is 4.04. The Hall–Kier alpha value is -1.66. The number of hydrogen-bond donors (Lipinski definition) is 2. The minimum atomic E-state index is -0.918. The molecule has 1 saturated heterocycles. The van der Waals surface area contributed by atoms with Gasteiger partial charge >= 0.3 is 6.03 Å². The molecule has 1 fully saturated rings. The first-order chi connectivity index (χ1) is 10.5. The average Bonchev–Trinajstić information content (AvgIpc) is 2.54. The number of halogens is 1. The molecule has 2 N–H and O–H groups in total. The van der Waals surface area contributed by atoms with Crippen LogP contribution in [0.2, 0.25) is 0 Å². The molecule has 22 heavy (non-hydrogen) atoms. The fourth-order valence-corrected chi connectivity index (χ4v) is 2.49. The lowest BCUT2D eigenvalue weighted by atomic mass is 9.95. The highest BCUT2D eigenvalue weighted by Crippen LogP contribution is 2.26. The van der Waals surface area contributed by atoms with Crippen molar-refractivity contribution in [2.24, 2.45) is 0 Å². The maximum Gasteiger partial charge on any atom is 0.315 e. The zero-order chi connectivity index (χ0) is 16.0. The van der Waals surface area contributed by atoms with Crippen LogP contribution in [0.4, 0.5) is 9.18 Å². The molecule has 0 bridgehead atoms. The van der Waals surface area contributed by atoms with E-state index in [9.17, 15) is 9.18 Å². The van der Waals surface area contributed by atoms with Gasteiger partial charge < -0.3 is 20.1 Å². The highest BCUT2D eigenvalue weighted by atomic mass is 19.1. The van der Waals surface area contributed by atoms with Crippen molar-refractivity contribution in [2.75, 3.05) is 26.9 Å². The molecule has 0 aliphatic carbocycles. The molecule has 1 aromatic rings. The van der Waals surface area contributed by atoms with E-state index in [-0.39, 0.29) is 24.4 Å². The standard InChI is InChI=1S/C16H23FN2O3/c1-16(21-2,13-5-3-4-6-14(13)17)11-18-15(20)19-12-7-9-22-10-8-12/h3-6,12H,7-11H2,1-2H3,(H2,18,19,20)/t16-/m0/s1. The lowest BCUT2D eigenvalue weighted by Gasteiger charge is -2.30. The number of nitrogens with one attached hydrogen (secondary N) is 2. The largest absolute Gasteiger partial charge is 0.381 e. The molecule has 0 unspecified atom stereocenters. The molecule has 0 spiro atoms. The number of rotatable bonds is 5. The Morgan fingerprint density at radius 2 is 2.09 bits per heavy atom. The second-order valence-corrected chi connectivity index (χ2v) is 5.63. The SMILES string of the molecule is CO[C@@](C)(CNC(=O)NC1CCOCC1)c1ccccc1F. The number of benzene rings is 1. The Bertz CT molecular complexity index is 506. The van der Waals surface area contributed by atoms with Crippen molar-refractivity contribution in [3.05, 3.63) is 35.6 Å². The lowest BCUT2D eigenvalue weighted by Crippen LogP contribution is -2.48. The number of carbonyl (C=O) groups excluding carboxylic acids is 1. The highest BCUT2D eigenvalue weighted by molar-refractivity contribution is 5.74. The Labute approximate surface area is 130 Å². The first kappa shape index (κ1) is 16.7. The van der Waals surface area contributed by atoms with Gasteiger partial charge in [0.2, 0.25) is 0 Å². The molecule has 2 amide bonds. The summed E-state index contributed by atoms with van der Waals surface area (Å²) in [6.45, 7) is 3.26. The summed E-state index contributed by atoms with van der Waals surface area (Å²) >= 11 is 0. The van der Waals surface area contributed by atoms with E-state index in [1.807, 2.05) is 0 Å². The minimum absolute atomic E-state index is 0.121. The van der Waals surface area contributed by atoms with Crippen LogP contribution in [0.15, 0.2) is 24.3 Å². The fraction of sp³-hybridized carbons (Fsp3) is 0.562. The van der Waals surface area contributed by atoms with Crippen molar-refractivity contribution in [1.29, 1.82) is 0 Å². The summed E-state index contributed by atoms with van der Waals surface area (Å²) in [6.07, 6.45) is 1.62. The molecule has 0 radical (unpaired) electrons. The van der Waals surface area contributed by atoms with Crippen molar-refractivity contribution in [1.82, 2.24) is 10.6 Å². The molecule has 1 atom stereocenters. The average molecular weight is 310 g/mol. The number of hydrogen-bond acceptors (Lipinski definition) is 3. The molecule has 5 nitrogen and oxygen atoms in total. The van der Waals surface area contributed by atoms with Crippen LogP contribution in [0.1, 0.15) is 25.3 Å². The third-order valence-corrected chi connectivity index (χ3v) is 4.04. The number of ether oxygens (including phenoxy) is 2. The predicted molar refractivity (Wildman–Crippen MR) is 81.1 cm³/mol. The molecule has 0 saturated carbocycles. The summed E-state index contributed by atoms with van der Waals surface area (Å²) in [4.78, 5) is 12.0.